The lowest BCUT2D eigenvalue weighted by Gasteiger charge is -2.35. The number of amides is 4. The predicted molar refractivity (Wildman–Crippen MR) is 165 cm³/mol. The van der Waals surface area contributed by atoms with Gasteiger partial charge in [0, 0.05) is 38.8 Å². The van der Waals surface area contributed by atoms with Gasteiger partial charge in [-0.05, 0) is 76.9 Å². The molecule has 4 heterocycles. The number of piperidine rings is 1. The van der Waals surface area contributed by atoms with Gasteiger partial charge in [0.2, 0.25) is 11.8 Å². The lowest BCUT2D eigenvalue weighted by atomic mass is 10.0. The highest BCUT2D eigenvalue weighted by Crippen LogP contribution is 2.30. The molecule has 0 saturated carbocycles. The molecular weight excluding hydrogens is 578 g/mol. The summed E-state index contributed by atoms with van der Waals surface area (Å²) in [5.74, 6) is -1.08. The van der Waals surface area contributed by atoms with Crippen LogP contribution in [0.3, 0.4) is 0 Å². The summed E-state index contributed by atoms with van der Waals surface area (Å²) in [6.07, 6.45) is 5.85. The third-order valence-electron chi connectivity index (χ3n) is 8.13. The topological polar surface area (TPSA) is 138 Å². The number of nitrogens with one attached hydrogen (secondary N) is 1. The van der Waals surface area contributed by atoms with Gasteiger partial charge in [-0.2, -0.15) is 0 Å². The number of pyridine rings is 1. The molecule has 0 bridgehead atoms. The Kier molecular flexibility index (Phi) is 9.81. The van der Waals surface area contributed by atoms with Crippen molar-refractivity contribution in [2.45, 2.75) is 70.9 Å². The largest absolute Gasteiger partial charge is 0.494 e. The number of ether oxygens (including phenoxy) is 2. The summed E-state index contributed by atoms with van der Waals surface area (Å²) in [4.78, 5) is 71.9. The Morgan fingerprint density at radius 3 is 2.36 bits per heavy atom. The number of imide groups is 2. The molecule has 3 aliphatic rings. The Hall–Kier alpha value is -4.32. The van der Waals surface area contributed by atoms with Crippen LogP contribution < -0.4 is 15.0 Å². The zero-order valence-electron chi connectivity index (χ0n) is 26.2. The minimum absolute atomic E-state index is 0.0847. The second kappa shape index (κ2) is 13.8. The number of nitrogens with zero attached hydrogens (tertiary/aromatic N) is 4. The van der Waals surface area contributed by atoms with E-state index in [1.165, 1.54) is 0 Å². The van der Waals surface area contributed by atoms with E-state index < -0.39 is 35.3 Å². The maximum atomic E-state index is 13.0. The molecule has 2 fully saturated rings. The molecule has 0 radical (unpaired) electrons. The highest BCUT2D eigenvalue weighted by atomic mass is 16.6. The molecule has 0 aliphatic carbocycles. The molecule has 1 aromatic heterocycles. The number of aromatic nitrogens is 1. The fourth-order valence-electron chi connectivity index (χ4n) is 5.75. The number of anilines is 1. The van der Waals surface area contributed by atoms with Gasteiger partial charge in [-0.3, -0.25) is 34.3 Å². The molecule has 12 nitrogen and oxygen atoms in total. The van der Waals surface area contributed by atoms with Crippen LogP contribution in [0, 0.1) is 0 Å². The predicted octanol–water partition coefficient (Wildman–Crippen LogP) is 3.20. The van der Waals surface area contributed by atoms with Gasteiger partial charge in [0.1, 0.15) is 23.2 Å². The van der Waals surface area contributed by atoms with E-state index in [1.807, 2.05) is 26.8 Å². The van der Waals surface area contributed by atoms with Gasteiger partial charge in [-0.15, -0.1) is 0 Å². The van der Waals surface area contributed by atoms with Crippen LogP contribution in [-0.2, 0) is 14.3 Å². The van der Waals surface area contributed by atoms with Crippen LogP contribution in [0.15, 0.2) is 36.5 Å². The van der Waals surface area contributed by atoms with Gasteiger partial charge in [0.05, 0.1) is 23.3 Å². The van der Waals surface area contributed by atoms with E-state index in [0.29, 0.717) is 17.9 Å². The van der Waals surface area contributed by atoms with Crippen LogP contribution in [0.1, 0.15) is 90.4 Å². The average Bonchev–Trinajstić information content (AvgIpc) is 3.25. The molecule has 5 rings (SSSR count). The second-order valence-electron chi connectivity index (χ2n) is 12.7. The Balaban J connectivity index is 0.972. The van der Waals surface area contributed by atoms with Gasteiger partial charge in [0.25, 0.3) is 11.8 Å². The fourth-order valence-corrected chi connectivity index (χ4v) is 5.75. The van der Waals surface area contributed by atoms with Crippen molar-refractivity contribution >= 4 is 35.4 Å². The molecule has 4 amide bonds. The molecule has 240 valence electrons. The monoisotopic (exact) mass is 619 g/mol. The molecule has 1 aromatic carbocycles. The van der Waals surface area contributed by atoms with E-state index in [0.717, 1.165) is 69.1 Å². The van der Waals surface area contributed by atoms with Crippen molar-refractivity contribution in [1.82, 2.24) is 20.1 Å². The van der Waals surface area contributed by atoms with E-state index in [4.69, 9.17) is 9.47 Å². The number of esters is 1. The smallest absolute Gasteiger partial charge is 0.340 e. The van der Waals surface area contributed by atoms with Crippen molar-refractivity contribution in [2.24, 2.45) is 0 Å². The lowest BCUT2D eigenvalue weighted by molar-refractivity contribution is -0.136. The molecule has 1 N–H and O–H groups in total. The first kappa shape index (κ1) is 32.1. The number of carbonyl (C=O) groups is 5. The molecular formula is C33H41N5O7. The van der Waals surface area contributed by atoms with Crippen LogP contribution in [0.25, 0.3) is 0 Å². The number of rotatable bonds is 11. The molecule has 1 unspecified atom stereocenters. The standard InChI is InChI=1S/C33H41N5O7/c1-33(2,3)45-32(43)22-8-12-27(34-21-22)37-17-15-36(16-18-37)14-6-4-5-7-19-44-23-9-10-24-25(20-23)31(42)38(30(24)41)26-11-13-28(39)35-29(26)40/h8-10,12,20-21,26H,4-7,11,13-19H2,1-3H3,(H,35,39,40). The van der Waals surface area contributed by atoms with Crippen LogP contribution in [0.4, 0.5) is 5.82 Å². The number of piperazine rings is 1. The van der Waals surface area contributed by atoms with Crippen molar-refractivity contribution in [1.29, 1.82) is 0 Å². The normalized spacial score (nSPS) is 19.0. The maximum absolute atomic E-state index is 13.0. The zero-order chi connectivity index (χ0) is 32.1. The van der Waals surface area contributed by atoms with Gasteiger partial charge < -0.3 is 14.4 Å². The first-order valence-electron chi connectivity index (χ1n) is 15.7. The third kappa shape index (κ3) is 7.86. The average molecular weight is 620 g/mol. The number of hydrogen-bond acceptors (Lipinski definition) is 10. The van der Waals surface area contributed by atoms with E-state index in [1.54, 1.807) is 30.5 Å². The van der Waals surface area contributed by atoms with Crippen molar-refractivity contribution in [2.75, 3.05) is 44.2 Å². The Morgan fingerprint density at radius 1 is 0.933 bits per heavy atom. The number of hydrogen-bond donors (Lipinski definition) is 1. The Labute approximate surface area is 263 Å². The maximum Gasteiger partial charge on any atom is 0.340 e. The molecule has 45 heavy (non-hydrogen) atoms. The van der Waals surface area contributed by atoms with E-state index >= 15 is 0 Å². The SMILES string of the molecule is CC(C)(C)OC(=O)c1ccc(N2CCN(CCCCCCOc3ccc4c(c3)C(=O)N(C3CCC(=O)NC3=O)C4=O)CC2)nc1. The van der Waals surface area contributed by atoms with Gasteiger partial charge in [0.15, 0.2) is 0 Å². The summed E-state index contributed by atoms with van der Waals surface area (Å²) >= 11 is 0. The summed E-state index contributed by atoms with van der Waals surface area (Å²) < 4.78 is 11.3. The molecule has 3 aliphatic heterocycles. The highest BCUT2D eigenvalue weighted by Gasteiger charge is 2.44. The molecule has 12 heteroatoms. The van der Waals surface area contributed by atoms with E-state index in [9.17, 15) is 24.0 Å². The highest BCUT2D eigenvalue weighted by molar-refractivity contribution is 6.23. The summed E-state index contributed by atoms with van der Waals surface area (Å²) in [6.45, 7) is 10.7. The van der Waals surface area contributed by atoms with Crippen LogP contribution in [0.5, 0.6) is 5.75 Å². The number of fused-ring (bicyclic) bond motifs is 1. The molecule has 1 atom stereocenters. The van der Waals surface area contributed by atoms with E-state index in [-0.39, 0.29) is 29.9 Å². The quantitative estimate of drug-likeness (QED) is 0.227. The number of benzene rings is 1. The summed E-state index contributed by atoms with van der Waals surface area (Å²) in [5, 5.41) is 2.20. The minimum atomic E-state index is -0.981. The van der Waals surface area contributed by atoms with Crippen LogP contribution >= 0.6 is 0 Å². The summed E-state index contributed by atoms with van der Waals surface area (Å²) in [5.41, 5.74) is 0.373. The summed E-state index contributed by atoms with van der Waals surface area (Å²) in [7, 11) is 0. The van der Waals surface area contributed by atoms with Crippen molar-refractivity contribution in [3.63, 3.8) is 0 Å². The lowest BCUT2D eigenvalue weighted by Crippen LogP contribution is -2.54. The number of carbonyl (C=O) groups excluding carboxylic acids is 5. The van der Waals surface area contributed by atoms with Gasteiger partial charge >= 0.3 is 5.97 Å². The Morgan fingerprint density at radius 2 is 1.67 bits per heavy atom. The zero-order valence-corrected chi connectivity index (χ0v) is 26.2. The first-order valence-corrected chi connectivity index (χ1v) is 15.7. The molecule has 2 saturated heterocycles. The second-order valence-corrected chi connectivity index (χ2v) is 12.7. The van der Waals surface area contributed by atoms with Crippen molar-refractivity contribution < 1.29 is 33.4 Å². The molecule has 0 spiro atoms. The molecule has 2 aromatic rings. The van der Waals surface area contributed by atoms with Crippen LogP contribution in [0.2, 0.25) is 0 Å². The van der Waals surface area contributed by atoms with Crippen molar-refractivity contribution in [3.05, 3.63) is 53.2 Å². The summed E-state index contributed by atoms with van der Waals surface area (Å²) in [6, 6.07) is 7.47. The number of unbranched alkanes of at least 4 members (excludes halogenated alkanes) is 3. The van der Waals surface area contributed by atoms with Crippen LogP contribution in [-0.4, -0.2) is 95.4 Å². The fraction of sp³-hybridized carbons (Fsp3) is 0.515. The third-order valence-corrected chi connectivity index (χ3v) is 8.13. The van der Waals surface area contributed by atoms with Crippen molar-refractivity contribution in [3.8, 4) is 5.75 Å². The van der Waals surface area contributed by atoms with E-state index in [2.05, 4.69) is 20.1 Å². The minimum Gasteiger partial charge on any atom is -0.494 e. The van der Waals surface area contributed by atoms with Gasteiger partial charge in [-0.25, -0.2) is 9.78 Å². The Bertz CT molecular complexity index is 1440. The first-order chi connectivity index (χ1) is 21.5. The van der Waals surface area contributed by atoms with Gasteiger partial charge in [-0.1, -0.05) is 12.8 Å².